The number of carboxylic acid groups (broad SMARTS) is 1. The first kappa shape index (κ1) is 33.9. The summed E-state index contributed by atoms with van der Waals surface area (Å²) in [4.78, 5) is 34.7. The lowest BCUT2D eigenvalue weighted by Gasteiger charge is -2.45. The fourth-order valence-electron chi connectivity index (χ4n) is 3.86. The van der Waals surface area contributed by atoms with Crippen molar-refractivity contribution < 1.29 is 75.3 Å². The quantitative estimate of drug-likeness (QED) is 0.117. The van der Waals surface area contributed by atoms with Crippen LogP contribution in [0.5, 0.6) is 0 Å². The highest BCUT2D eigenvalue weighted by molar-refractivity contribution is 7.81. The van der Waals surface area contributed by atoms with Crippen molar-refractivity contribution in [3.8, 4) is 0 Å². The van der Waals surface area contributed by atoms with E-state index in [4.69, 9.17) is 32.1 Å². The highest BCUT2D eigenvalue weighted by Crippen LogP contribution is 2.32. The largest absolute Gasteiger partial charge is 0.547 e. The van der Waals surface area contributed by atoms with Crippen molar-refractivity contribution in [2.45, 2.75) is 82.6 Å². The van der Waals surface area contributed by atoms with Gasteiger partial charge in [0, 0.05) is 31.9 Å². The molecule has 0 aromatic carbocycles. The minimum absolute atomic E-state index is 0.0123. The van der Waals surface area contributed by atoms with E-state index < -0.39 is 103 Å². The monoisotopic (exact) mass is 600 g/mol. The number of aliphatic carboxylic acids is 1. The second-order valence-electron chi connectivity index (χ2n) is 9.19. The van der Waals surface area contributed by atoms with Gasteiger partial charge in [-0.25, -0.2) is 13.2 Å². The van der Waals surface area contributed by atoms with Gasteiger partial charge in [0.05, 0.1) is 24.7 Å². The number of methoxy groups -OCH3 is 1. The molecule has 0 aliphatic carbocycles. The number of nitrogens with one attached hydrogen (secondary N) is 1. The summed E-state index contributed by atoms with van der Waals surface area (Å²) >= 11 is 0. The van der Waals surface area contributed by atoms with Gasteiger partial charge in [0.25, 0.3) is 0 Å². The molecule has 2 aliphatic heterocycles. The van der Waals surface area contributed by atoms with Gasteiger partial charge in [0.2, 0.25) is 12.2 Å². The van der Waals surface area contributed by atoms with E-state index in [-0.39, 0.29) is 12.0 Å². The molecule has 0 radical (unpaired) electrons. The van der Waals surface area contributed by atoms with Gasteiger partial charge in [-0.1, -0.05) is 13.5 Å². The van der Waals surface area contributed by atoms with Crippen molar-refractivity contribution in [1.82, 2.24) is 5.32 Å². The summed E-state index contributed by atoms with van der Waals surface area (Å²) in [6, 6.07) is -0.954. The Labute approximate surface area is 230 Å². The number of carboxylic acids is 1. The third-order valence-corrected chi connectivity index (χ3v) is 6.83. The molecule has 0 spiro atoms. The topological polar surface area (TPSA) is 246 Å². The van der Waals surface area contributed by atoms with Crippen LogP contribution < -0.4 is 10.4 Å². The van der Waals surface area contributed by atoms with Crippen molar-refractivity contribution in [2.75, 3.05) is 20.3 Å². The number of esters is 1. The third-order valence-electron chi connectivity index (χ3n) is 5.89. The molecule has 230 valence electrons. The Morgan fingerprint density at radius 2 is 1.77 bits per heavy atom. The number of aliphatic hydroxyl groups excluding tert-OH is 3. The zero-order chi connectivity index (χ0) is 30.4. The predicted molar refractivity (Wildman–Crippen MR) is 125 cm³/mol. The minimum atomic E-state index is -5.04. The summed E-state index contributed by atoms with van der Waals surface area (Å²) < 4.78 is 61.4. The molecule has 0 bridgehead atoms. The lowest BCUT2D eigenvalue weighted by atomic mass is 9.90. The van der Waals surface area contributed by atoms with Crippen molar-refractivity contribution >= 4 is 28.2 Å². The summed E-state index contributed by atoms with van der Waals surface area (Å²) in [7, 11) is -3.85. The molecule has 0 aromatic heterocycles. The maximum atomic E-state index is 12.7. The van der Waals surface area contributed by atoms with Crippen molar-refractivity contribution in [3.63, 3.8) is 0 Å². The van der Waals surface area contributed by atoms with E-state index in [0.29, 0.717) is 0 Å². The molecule has 17 nitrogen and oxygen atoms in total. The Morgan fingerprint density at radius 1 is 1.12 bits per heavy atom. The van der Waals surface area contributed by atoms with Crippen LogP contribution >= 0.6 is 0 Å². The zero-order valence-electron chi connectivity index (χ0n) is 22.2. The van der Waals surface area contributed by atoms with Gasteiger partial charge in [0.1, 0.15) is 31.0 Å². The highest BCUT2D eigenvalue weighted by atomic mass is 32.3. The molecule has 0 aromatic rings. The Hall–Kier alpha value is -2.26. The first-order valence-electron chi connectivity index (χ1n) is 12.0. The normalized spacial score (nSPS) is 33.5. The molecule has 2 aliphatic rings. The van der Waals surface area contributed by atoms with Crippen molar-refractivity contribution in [2.24, 2.45) is 5.92 Å². The van der Waals surface area contributed by atoms with Gasteiger partial charge < -0.3 is 54.2 Å². The van der Waals surface area contributed by atoms with E-state index in [1.165, 1.54) is 27.9 Å². The fourth-order valence-corrected chi connectivity index (χ4v) is 4.76. The van der Waals surface area contributed by atoms with Crippen LogP contribution in [-0.2, 0) is 56.8 Å². The van der Waals surface area contributed by atoms with Crippen LogP contribution in [0, 0.1) is 5.92 Å². The molecular formula is C22H34NO16S-. The van der Waals surface area contributed by atoms with Crippen LogP contribution in [0.2, 0.25) is 0 Å². The Balaban J connectivity index is 2.27. The lowest BCUT2D eigenvalue weighted by Crippen LogP contribution is -2.62. The molecule has 0 saturated carbocycles. The maximum Gasteiger partial charge on any atom is 0.402 e. The van der Waals surface area contributed by atoms with E-state index >= 15 is 0 Å². The van der Waals surface area contributed by atoms with Crippen molar-refractivity contribution in [1.29, 1.82) is 0 Å². The number of amides is 1. The molecule has 1 amide bonds. The lowest BCUT2D eigenvalue weighted by molar-refractivity contribution is -0.362. The van der Waals surface area contributed by atoms with Crippen LogP contribution in [0.15, 0.2) is 12.2 Å². The molecule has 2 fully saturated rings. The standard InChI is InChI=1S/C22H35NO16S/c1-9(2)19(30)34-8-12(7-24)38-40(31,32)39-21-14(6-13(23-11(4)25)20(33-5)37-21)35-22-16(27)15(26)10(3)17(36-22)18(28)29/h10,12-17,20-22,24,26-27H,1,6-8H2,2-5H3,(H,23,25)(H,28,29)/p-1. The van der Waals surface area contributed by atoms with Gasteiger partial charge in [0.15, 0.2) is 12.6 Å². The van der Waals surface area contributed by atoms with Gasteiger partial charge in [-0.15, -0.1) is 0 Å². The molecule has 2 heterocycles. The van der Waals surface area contributed by atoms with Crippen LogP contribution in [-0.4, -0.2) is 117 Å². The first-order chi connectivity index (χ1) is 18.6. The summed E-state index contributed by atoms with van der Waals surface area (Å²) in [5, 5.41) is 44.2. The molecule has 2 saturated heterocycles. The molecule has 18 heteroatoms. The van der Waals surface area contributed by atoms with Crippen LogP contribution in [0.4, 0.5) is 0 Å². The number of carbonyl (C=O) groups is 3. The summed E-state index contributed by atoms with van der Waals surface area (Å²) in [6.45, 7) is 5.60. The number of rotatable bonds is 13. The second-order valence-corrected chi connectivity index (χ2v) is 10.4. The fraction of sp³-hybridized carbons (Fsp3) is 0.773. The van der Waals surface area contributed by atoms with E-state index in [1.54, 1.807) is 0 Å². The van der Waals surface area contributed by atoms with Gasteiger partial charge in [-0.3, -0.25) is 4.79 Å². The smallest absolute Gasteiger partial charge is 0.402 e. The van der Waals surface area contributed by atoms with Crippen LogP contribution in [0.1, 0.15) is 27.2 Å². The van der Waals surface area contributed by atoms with E-state index in [0.717, 1.165) is 0 Å². The number of carbonyl (C=O) groups excluding carboxylic acids is 3. The first-order valence-corrected chi connectivity index (χ1v) is 13.3. The average Bonchev–Trinajstić information content (AvgIpc) is 2.86. The van der Waals surface area contributed by atoms with Gasteiger partial charge >= 0.3 is 16.4 Å². The predicted octanol–water partition coefficient (Wildman–Crippen LogP) is -3.81. The number of ether oxygens (including phenoxy) is 5. The van der Waals surface area contributed by atoms with Gasteiger partial charge in [-0.2, -0.15) is 8.42 Å². The second kappa shape index (κ2) is 14.6. The average molecular weight is 601 g/mol. The van der Waals surface area contributed by atoms with E-state index in [2.05, 4.69) is 11.9 Å². The summed E-state index contributed by atoms with van der Waals surface area (Å²) in [5.41, 5.74) is 0.0123. The Kier molecular flexibility index (Phi) is 12.4. The molecule has 4 N–H and O–H groups in total. The number of aliphatic hydroxyl groups is 3. The number of hydrogen-bond acceptors (Lipinski definition) is 16. The SMILES string of the molecule is C=C(C)C(=O)OCC(CO)OS(=O)(=O)OC1OC(OC)C(NC(C)=O)CC1OC1OC(C(=O)[O-])C(C)C(O)C1O. The van der Waals surface area contributed by atoms with E-state index in [1.807, 2.05) is 0 Å². The van der Waals surface area contributed by atoms with Gasteiger partial charge in [-0.05, 0) is 6.92 Å². The third kappa shape index (κ3) is 9.13. The van der Waals surface area contributed by atoms with Crippen molar-refractivity contribution in [3.05, 3.63) is 12.2 Å². The molecule has 10 atom stereocenters. The summed E-state index contributed by atoms with van der Waals surface area (Å²) in [6.07, 6.45) is -13.6. The molecule has 2 rings (SSSR count). The minimum Gasteiger partial charge on any atom is -0.547 e. The molecular weight excluding hydrogens is 566 g/mol. The molecule has 10 unspecified atom stereocenters. The zero-order valence-corrected chi connectivity index (χ0v) is 23.0. The Morgan fingerprint density at radius 3 is 2.30 bits per heavy atom. The summed E-state index contributed by atoms with van der Waals surface area (Å²) in [5.74, 6) is -4.18. The molecule has 40 heavy (non-hydrogen) atoms. The Bertz CT molecular complexity index is 1020. The maximum absolute atomic E-state index is 12.7. The van der Waals surface area contributed by atoms with Crippen LogP contribution in [0.3, 0.4) is 0 Å². The van der Waals surface area contributed by atoms with E-state index in [9.17, 15) is 43.2 Å². The van der Waals surface area contributed by atoms with Crippen LogP contribution in [0.25, 0.3) is 0 Å². The number of hydrogen-bond donors (Lipinski definition) is 4. The highest BCUT2D eigenvalue weighted by Gasteiger charge is 2.48.